The van der Waals surface area contributed by atoms with Gasteiger partial charge in [0.1, 0.15) is 0 Å². The lowest BCUT2D eigenvalue weighted by atomic mass is 9.94. The number of amides is 2. The van der Waals surface area contributed by atoms with Crippen molar-refractivity contribution in [2.24, 2.45) is 5.41 Å². The third-order valence-corrected chi connectivity index (χ3v) is 3.80. The number of piperazine rings is 1. The summed E-state index contributed by atoms with van der Waals surface area (Å²) in [7, 11) is 2.07. The Balaban J connectivity index is 2.48. The van der Waals surface area contributed by atoms with Crippen LogP contribution in [-0.4, -0.2) is 66.2 Å². The number of aliphatic carboxylic acids is 1. The summed E-state index contributed by atoms with van der Waals surface area (Å²) in [4.78, 5) is 27.0. The van der Waals surface area contributed by atoms with Gasteiger partial charge in [-0.1, -0.05) is 6.92 Å². The number of rotatable bonds is 4. The maximum Gasteiger partial charge on any atom is 0.317 e. The van der Waals surface area contributed by atoms with Crippen LogP contribution >= 0.6 is 0 Å². The summed E-state index contributed by atoms with van der Waals surface area (Å²) < 4.78 is 0. The zero-order valence-corrected chi connectivity index (χ0v) is 12.3. The molecule has 0 aliphatic carbocycles. The first-order chi connectivity index (χ1) is 8.77. The van der Waals surface area contributed by atoms with E-state index in [0.29, 0.717) is 19.1 Å². The van der Waals surface area contributed by atoms with Crippen LogP contribution < -0.4 is 5.32 Å². The zero-order valence-electron chi connectivity index (χ0n) is 12.3. The minimum Gasteiger partial charge on any atom is -0.481 e. The van der Waals surface area contributed by atoms with Crippen LogP contribution in [0.25, 0.3) is 0 Å². The zero-order chi connectivity index (χ0) is 14.6. The first-order valence-electron chi connectivity index (χ1n) is 6.74. The second-order valence-corrected chi connectivity index (χ2v) is 5.84. The van der Waals surface area contributed by atoms with E-state index in [2.05, 4.69) is 24.2 Å². The number of likely N-dealkylation sites (N-methyl/N-ethyl adjacent to an activating group) is 1. The van der Waals surface area contributed by atoms with Crippen molar-refractivity contribution >= 4 is 12.0 Å². The Morgan fingerprint density at radius 3 is 2.53 bits per heavy atom. The van der Waals surface area contributed by atoms with Gasteiger partial charge in [0.2, 0.25) is 0 Å². The van der Waals surface area contributed by atoms with Gasteiger partial charge in [0.25, 0.3) is 0 Å². The molecule has 1 aliphatic rings. The lowest BCUT2D eigenvalue weighted by Gasteiger charge is -2.39. The van der Waals surface area contributed by atoms with E-state index in [0.717, 1.165) is 13.0 Å². The molecule has 1 aliphatic heterocycles. The van der Waals surface area contributed by atoms with Crippen molar-refractivity contribution in [2.45, 2.75) is 33.2 Å². The van der Waals surface area contributed by atoms with Crippen molar-refractivity contribution < 1.29 is 14.7 Å². The van der Waals surface area contributed by atoms with E-state index >= 15 is 0 Å². The Labute approximate surface area is 114 Å². The molecule has 2 N–H and O–H groups in total. The van der Waals surface area contributed by atoms with Crippen molar-refractivity contribution in [1.82, 2.24) is 15.1 Å². The minimum atomic E-state index is -0.938. The highest BCUT2D eigenvalue weighted by molar-refractivity contribution is 5.77. The molecule has 6 heteroatoms. The summed E-state index contributed by atoms with van der Waals surface area (Å²) >= 11 is 0. The number of hydrogen-bond acceptors (Lipinski definition) is 3. The molecule has 0 radical (unpaired) electrons. The summed E-state index contributed by atoms with van der Waals surface area (Å²) in [6, 6.07) is 0.216. The minimum absolute atomic E-state index is 0.143. The van der Waals surface area contributed by atoms with Crippen LogP contribution in [0.4, 0.5) is 4.79 Å². The highest BCUT2D eigenvalue weighted by Gasteiger charge is 2.30. The molecule has 1 rings (SSSR count). The fourth-order valence-corrected chi connectivity index (χ4v) is 2.06. The normalized spacial score (nSPS) is 21.3. The lowest BCUT2D eigenvalue weighted by molar-refractivity contribution is -0.146. The standard InChI is InChI=1S/C13H25N3O3/c1-5-10-8-16(7-6-15(10)4)12(19)14-9-13(2,3)11(17)18/h10H,5-9H2,1-4H3,(H,14,19)(H,17,18). The van der Waals surface area contributed by atoms with Gasteiger partial charge in [-0.15, -0.1) is 0 Å². The SMILES string of the molecule is CCC1CN(C(=O)NCC(C)(C)C(=O)O)CCN1C. The number of nitrogens with zero attached hydrogens (tertiary/aromatic N) is 2. The van der Waals surface area contributed by atoms with Gasteiger partial charge in [-0.2, -0.15) is 0 Å². The van der Waals surface area contributed by atoms with E-state index < -0.39 is 11.4 Å². The second-order valence-electron chi connectivity index (χ2n) is 5.84. The van der Waals surface area contributed by atoms with Gasteiger partial charge in [0, 0.05) is 32.2 Å². The van der Waals surface area contributed by atoms with Crippen molar-refractivity contribution in [2.75, 3.05) is 33.2 Å². The second kappa shape index (κ2) is 6.23. The van der Waals surface area contributed by atoms with Gasteiger partial charge in [-0.25, -0.2) is 4.79 Å². The molecule has 0 aromatic carbocycles. The first-order valence-corrected chi connectivity index (χ1v) is 6.74. The molecule has 0 aromatic rings. The van der Waals surface area contributed by atoms with Crippen LogP contribution in [0.5, 0.6) is 0 Å². The number of nitrogens with one attached hydrogen (secondary N) is 1. The molecule has 110 valence electrons. The molecule has 1 heterocycles. The molecule has 1 unspecified atom stereocenters. The average molecular weight is 271 g/mol. The molecule has 1 saturated heterocycles. The van der Waals surface area contributed by atoms with E-state index in [9.17, 15) is 9.59 Å². The molecular formula is C13H25N3O3. The predicted molar refractivity (Wildman–Crippen MR) is 73.1 cm³/mol. The molecule has 0 bridgehead atoms. The fraction of sp³-hybridized carbons (Fsp3) is 0.846. The van der Waals surface area contributed by atoms with E-state index in [4.69, 9.17) is 5.11 Å². The molecule has 0 saturated carbocycles. The number of carbonyl (C=O) groups excluding carboxylic acids is 1. The third-order valence-electron chi connectivity index (χ3n) is 3.80. The molecule has 1 atom stereocenters. The number of carbonyl (C=O) groups is 2. The number of carboxylic acids is 1. The quantitative estimate of drug-likeness (QED) is 0.794. The Morgan fingerprint density at radius 1 is 1.37 bits per heavy atom. The van der Waals surface area contributed by atoms with Gasteiger partial charge in [0.05, 0.1) is 5.41 Å². The molecule has 1 fully saturated rings. The Kier molecular flexibility index (Phi) is 5.17. The van der Waals surface area contributed by atoms with E-state index in [1.165, 1.54) is 0 Å². The van der Waals surface area contributed by atoms with E-state index in [-0.39, 0.29) is 12.6 Å². The van der Waals surface area contributed by atoms with E-state index in [1.54, 1.807) is 18.7 Å². The lowest BCUT2D eigenvalue weighted by Crippen LogP contribution is -2.56. The molecular weight excluding hydrogens is 246 g/mol. The van der Waals surface area contributed by atoms with Crippen LogP contribution in [0.15, 0.2) is 0 Å². The average Bonchev–Trinajstić information content (AvgIpc) is 2.36. The highest BCUT2D eigenvalue weighted by Crippen LogP contribution is 2.14. The van der Waals surface area contributed by atoms with E-state index in [1.807, 2.05) is 0 Å². The third kappa shape index (κ3) is 4.09. The number of carboxylic acid groups (broad SMARTS) is 1. The summed E-state index contributed by atoms with van der Waals surface area (Å²) in [5, 5.41) is 11.7. The largest absolute Gasteiger partial charge is 0.481 e. The van der Waals surface area contributed by atoms with Crippen LogP contribution in [-0.2, 0) is 4.79 Å². The predicted octanol–water partition coefficient (Wildman–Crippen LogP) is 0.833. The molecule has 2 amide bonds. The van der Waals surface area contributed by atoms with Crippen LogP contribution in [0.3, 0.4) is 0 Å². The monoisotopic (exact) mass is 271 g/mol. The molecule has 0 aromatic heterocycles. The number of hydrogen-bond donors (Lipinski definition) is 2. The topological polar surface area (TPSA) is 72.9 Å². The molecule has 6 nitrogen and oxygen atoms in total. The highest BCUT2D eigenvalue weighted by atomic mass is 16.4. The maximum absolute atomic E-state index is 12.0. The van der Waals surface area contributed by atoms with Gasteiger partial charge < -0.3 is 15.3 Å². The van der Waals surface area contributed by atoms with Crippen molar-refractivity contribution in [1.29, 1.82) is 0 Å². The Hall–Kier alpha value is -1.30. The van der Waals surface area contributed by atoms with Gasteiger partial charge >= 0.3 is 12.0 Å². The van der Waals surface area contributed by atoms with Gasteiger partial charge in [-0.3, -0.25) is 9.69 Å². The first kappa shape index (κ1) is 15.8. The van der Waals surface area contributed by atoms with Gasteiger partial charge in [0.15, 0.2) is 0 Å². The van der Waals surface area contributed by atoms with Gasteiger partial charge in [-0.05, 0) is 27.3 Å². The Morgan fingerprint density at radius 2 is 2.00 bits per heavy atom. The van der Waals surface area contributed by atoms with Crippen molar-refractivity contribution in [3.8, 4) is 0 Å². The maximum atomic E-state index is 12.0. The molecule has 0 spiro atoms. The smallest absolute Gasteiger partial charge is 0.317 e. The summed E-state index contributed by atoms with van der Waals surface area (Å²) in [6.45, 7) is 7.70. The summed E-state index contributed by atoms with van der Waals surface area (Å²) in [5.41, 5.74) is -0.938. The van der Waals surface area contributed by atoms with Crippen LogP contribution in [0.2, 0.25) is 0 Å². The van der Waals surface area contributed by atoms with Crippen molar-refractivity contribution in [3.63, 3.8) is 0 Å². The summed E-state index contributed by atoms with van der Waals surface area (Å²) in [5.74, 6) is -0.905. The fourth-order valence-electron chi connectivity index (χ4n) is 2.06. The van der Waals surface area contributed by atoms with Crippen molar-refractivity contribution in [3.05, 3.63) is 0 Å². The summed E-state index contributed by atoms with van der Waals surface area (Å²) in [6.07, 6.45) is 1.00. The Bertz CT molecular complexity index is 344. The number of urea groups is 1. The molecule has 19 heavy (non-hydrogen) atoms. The van der Waals surface area contributed by atoms with Crippen LogP contribution in [0.1, 0.15) is 27.2 Å². The van der Waals surface area contributed by atoms with Crippen LogP contribution in [0, 0.1) is 5.41 Å².